The average Bonchev–Trinajstić information content (AvgIpc) is 2.29. The second-order valence-corrected chi connectivity index (χ2v) is 4.54. The molecule has 0 saturated carbocycles. The highest BCUT2D eigenvalue weighted by Gasteiger charge is 2.17. The third-order valence-corrected chi connectivity index (χ3v) is 3.37. The standard InChI is InChI=1S/C14H24N2/c1-4-13(5-2)14(16-15)10-12-8-6-7-11(3)9-12/h6-9,13-14,16H,4-5,10,15H2,1-3H3. The molecule has 90 valence electrons. The summed E-state index contributed by atoms with van der Waals surface area (Å²) in [6.45, 7) is 6.59. The minimum absolute atomic E-state index is 0.386. The summed E-state index contributed by atoms with van der Waals surface area (Å²) in [5.74, 6) is 6.32. The van der Waals surface area contributed by atoms with Gasteiger partial charge in [-0.3, -0.25) is 11.3 Å². The van der Waals surface area contributed by atoms with E-state index in [9.17, 15) is 0 Å². The van der Waals surface area contributed by atoms with Crippen LogP contribution in [-0.4, -0.2) is 6.04 Å². The molecule has 0 radical (unpaired) electrons. The number of aryl methyl sites for hydroxylation is 1. The van der Waals surface area contributed by atoms with Crippen LogP contribution in [0.2, 0.25) is 0 Å². The Hall–Kier alpha value is -0.860. The van der Waals surface area contributed by atoms with E-state index >= 15 is 0 Å². The SMILES string of the molecule is CCC(CC)C(Cc1cccc(C)c1)NN. The second kappa shape index (κ2) is 6.66. The third kappa shape index (κ3) is 3.62. The van der Waals surface area contributed by atoms with Crippen molar-refractivity contribution >= 4 is 0 Å². The van der Waals surface area contributed by atoms with Crippen molar-refractivity contribution in [3.05, 3.63) is 35.4 Å². The Kier molecular flexibility index (Phi) is 5.50. The van der Waals surface area contributed by atoms with Crippen LogP contribution in [-0.2, 0) is 6.42 Å². The summed E-state index contributed by atoms with van der Waals surface area (Å²) in [6.07, 6.45) is 3.37. The number of rotatable bonds is 6. The molecule has 0 aliphatic rings. The van der Waals surface area contributed by atoms with Crippen molar-refractivity contribution in [2.45, 2.75) is 46.1 Å². The van der Waals surface area contributed by atoms with E-state index in [1.165, 1.54) is 24.0 Å². The molecule has 0 spiro atoms. The van der Waals surface area contributed by atoms with Gasteiger partial charge in [-0.05, 0) is 24.8 Å². The van der Waals surface area contributed by atoms with E-state index in [-0.39, 0.29) is 0 Å². The molecule has 3 N–H and O–H groups in total. The Morgan fingerprint density at radius 2 is 1.94 bits per heavy atom. The van der Waals surface area contributed by atoms with Crippen molar-refractivity contribution in [2.75, 3.05) is 0 Å². The van der Waals surface area contributed by atoms with Crippen LogP contribution in [0.5, 0.6) is 0 Å². The molecule has 1 aromatic carbocycles. The van der Waals surface area contributed by atoms with Crippen LogP contribution in [0.1, 0.15) is 37.8 Å². The molecule has 1 rings (SSSR count). The molecular weight excluding hydrogens is 196 g/mol. The van der Waals surface area contributed by atoms with Crippen molar-refractivity contribution < 1.29 is 0 Å². The van der Waals surface area contributed by atoms with E-state index in [2.05, 4.69) is 50.5 Å². The normalized spacial score (nSPS) is 13.1. The molecule has 1 unspecified atom stereocenters. The lowest BCUT2D eigenvalue weighted by molar-refractivity contribution is 0.335. The van der Waals surface area contributed by atoms with E-state index in [1.807, 2.05) is 0 Å². The van der Waals surface area contributed by atoms with Crippen LogP contribution in [0, 0.1) is 12.8 Å². The minimum Gasteiger partial charge on any atom is -0.271 e. The average molecular weight is 220 g/mol. The number of hydrogen-bond acceptors (Lipinski definition) is 2. The molecule has 0 aromatic heterocycles. The Morgan fingerprint density at radius 3 is 2.44 bits per heavy atom. The highest BCUT2D eigenvalue weighted by molar-refractivity contribution is 5.23. The zero-order chi connectivity index (χ0) is 12.0. The monoisotopic (exact) mass is 220 g/mol. The Balaban J connectivity index is 2.69. The molecule has 1 aromatic rings. The maximum absolute atomic E-state index is 5.66. The molecule has 0 aliphatic heterocycles. The molecule has 1 atom stereocenters. The first-order valence-electron chi connectivity index (χ1n) is 6.22. The van der Waals surface area contributed by atoms with Gasteiger partial charge in [0, 0.05) is 6.04 Å². The van der Waals surface area contributed by atoms with Gasteiger partial charge in [0.15, 0.2) is 0 Å². The molecule has 0 aliphatic carbocycles. The van der Waals surface area contributed by atoms with Gasteiger partial charge in [0.25, 0.3) is 0 Å². The number of nitrogens with one attached hydrogen (secondary N) is 1. The van der Waals surface area contributed by atoms with Crippen molar-refractivity contribution in [1.82, 2.24) is 5.43 Å². The zero-order valence-corrected chi connectivity index (χ0v) is 10.7. The summed E-state index contributed by atoms with van der Waals surface area (Å²) in [5, 5.41) is 0. The molecule has 0 saturated heterocycles. The topological polar surface area (TPSA) is 38.0 Å². The van der Waals surface area contributed by atoms with Crippen molar-refractivity contribution in [1.29, 1.82) is 0 Å². The van der Waals surface area contributed by atoms with Gasteiger partial charge >= 0.3 is 0 Å². The van der Waals surface area contributed by atoms with Crippen molar-refractivity contribution in [2.24, 2.45) is 11.8 Å². The van der Waals surface area contributed by atoms with Gasteiger partial charge < -0.3 is 0 Å². The van der Waals surface area contributed by atoms with Crippen LogP contribution in [0.4, 0.5) is 0 Å². The minimum atomic E-state index is 0.386. The second-order valence-electron chi connectivity index (χ2n) is 4.54. The first-order valence-corrected chi connectivity index (χ1v) is 6.22. The third-order valence-electron chi connectivity index (χ3n) is 3.37. The Labute approximate surface area is 99.2 Å². The summed E-state index contributed by atoms with van der Waals surface area (Å²) in [6, 6.07) is 9.06. The van der Waals surface area contributed by atoms with E-state index in [1.54, 1.807) is 0 Å². The van der Waals surface area contributed by atoms with E-state index in [0.717, 1.165) is 6.42 Å². The number of hydrogen-bond donors (Lipinski definition) is 2. The van der Waals surface area contributed by atoms with Gasteiger partial charge in [0.2, 0.25) is 0 Å². The van der Waals surface area contributed by atoms with Gasteiger partial charge in [0.1, 0.15) is 0 Å². The molecule has 2 heteroatoms. The summed E-state index contributed by atoms with van der Waals surface area (Å²) in [7, 11) is 0. The van der Waals surface area contributed by atoms with E-state index in [0.29, 0.717) is 12.0 Å². The zero-order valence-electron chi connectivity index (χ0n) is 10.7. The largest absolute Gasteiger partial charge is 0.271 e. The smallest absolute Gasteiger partial charge is 0.0278 e. The maximum Gasteiger partial charge on any atom is 0.0278 e. The summed E-state index contributed by atoms with van der Waals surface area (Å²) in [5.41, 5.74) is 5.66. The summed E-state index contributed by atoms with van der Waals surface area (Å²) in [4.78, 5) is 0. The van der Waals surface area contributed by atoms with Gasteiger partial charge in [-0.15, -0.1) is 0 Å². The molecular formula is C14H24N2. The summed E-state index contributed by atoms with van der Waals surface area (Å²) < 4.78 is 0. The molecule has 16 heavy (non-hydrogen) atoms. The Morgan fingerprint density at radius 1 is 1.25 bits per heavy atom. The maximum atomic E-state index is 5.66. The van der Waals surface area contributed by atoms with Gasteiger partial charge in [-0.2, -0.15) is 0 Å². The van der Waals surface area contributed by atoms with Gasteiger partial charge in [-0.25, -0.2) is 0 Å². The van der Waals surface area contributed by atoms with E-state index in [4.69, 9.17) is 5.84 Å². The quantitative estimate of drug-likeness (QED) is 0.571. The number of benzene rings is 1. The molecule has 2 nitrogen and oxygen atoms in total. The summed E-state index contributed by atoms with van der Waals surface area (Å²) >= 11 is 0. The molecule has 0 fully saturated rings. The lowest BCUT2D eigenvalue weighted by Crippen LogP contribution is -2.42. The first-order chi connectivity index (χ1) is 7.71. The highest BCUT2D eigenvalue weighted by Crippen LogP contribution is 2.17. The van der Waals surface area contributed by atoms with Gasteiger partial charge in [0.05, 0.1) is 0 Å². The fourth-order valence-corrected chi connectivity index (χ4v) is 2.31. The number of nitrogens with two attached hydrogens (primary N) is 1. The predicted octanol–water partition coefficient (Wildman–Crippen LogP) is 2.81. The van der Waals surface area contributed by atoms with Crippen molar-refractivity contribution in [3.63, 3.8) is 0 Å². The fourth-order valence-electron chi connectivity index (χ4n) is 2.31. The number of hydrazine groups is 1. The first kappa shape index (κ1) is 13.2. The lowest BCUT2D eigenvalue weighted by atomic mass is 9.89. The lowest BCUT2D eigenvalue weighted by Gasteiger charge is -2.24. The van der Waals surface area contributed by atoms with Gasteiger partial charge in [-0.1, -0.05) is 56.5 Å². The van der Waals surface area contributed by atoms with Crippen LogP contribution in [0.25, 0.3) is 0 Å². The molecule has 0 heterocycles. The Bertz CT molecular complexity index is 305. The van der Waals surface area contributed by atoms with Crippen LogP contribution in [0.15, 0.2) is 24.3 Å². The molecule has 0 amide bonds. The van der Waals surface area contributed by atoms with Crippen LogP contribution in [0.3, 0.4) is 0 Å². The fraction of sp³-hybridized carbons (Fsp3) is 0.571. The van der Waals surface area contributed by atoms with Crippen LogP contribution < -0.4 is 11.3 Å². The van der Waals surface area contributed by atoms with Crippen LogP contribution >= 0.6 is 0 Å². The molecule has 0 bridgehead atoms. The van der Waals surface area contributed by atoms with Crippen molar-refractivity contribution in [3.8, 4) is 0 Å². The highest BCUT2D eigenvalue weighted by atomic mass is 15.2. The predicted molar refractivity (Wildman–Crippen MR) is 70.1 cm³/mol. The van der Waals surface area contributed by atoms with E-state index < -0.39 is 0 Å².